The number of Topliss-reactive ketones (excluding diaryl/α,β-unsaturated/α-hetero) is 1. The molecule has 0 spiro atoms. The standard InChI is InChI=1S/C23H23Cl2N3O4/c1-4-14-19(23(2,3)20(14)29)28-17(22(31)32)9-12-5-7-13(8-6-12)27-21(30)18-15(24)10-26-11-16(18)25/h5-8,10-11,17,28H,4,9H2,1-3H3,(H,27,30)(H,31,32)/p-1/t17-/m0/s1. The molecule has 0 saturated carbocycles. The summed E-state index contributed by atoms with van der Waals surface area (Å²) in [4.78, 5) is 40.2. The van der Waals surface area contributed by atoms with Crippen molar-refractivity contribution in [2.24, 2.45) is 5.41 Å². The molecular formula is C23H22Cl2N3O4-. The molecule has 1 amide bonds. The first-order chi connectivity index (χ1) is 15.1. The van der Waals surface area contributed by atoms with E-state index in [0.717, 1.165) is 0 Å². The molecule has 0 bridgehead atoms. The quantitative estimate of drug-likeness (QED) is 0.607. The molecule has 2 aromatic rings. The van der Waals surface area contributed by atoms with Crippen LogP contribution in [0.15, 0.2) is 47.9 Å². The second-order valence-electron chi connectivity index (χ2n) is 8.01. The van der Waals surface area contributed by atoms with Gasteiger partial charge < -0.3 is 20.5 Å². The largest absolute Gasteiger partial charge is 0.548 e. The van der Waals surface area contributed by atoms with E-state index >= 15 is 0 Å². The fourth-order valence-electron chi connectivity index (χ4n) is 3.67. The van der Waals surface area contributed by atoms with Crippen LogP contribution in [0, 0.1) is 5.41 Å². The van der Waals surface area contributed by atoms with E-state index < -0.39 is 23.3 Å². The number of carbonyl (C=O) groups excluding carboxylic acids is 3. The topological polar surface area (TPSA) is 111 Å². The Bertz CT molecular complexity index is 1090. The molecule has 0 fully saturated rings. The first-order valence-electron chi connectivity index (χ1n) is 10.0. The Balaban J connectivity index is 1.71. The second kappa shape index (κ2) is 9.30. The number of nitrogens with zero attached hydrogens (tertiary/aromatic N) is 1. The third kappa shape index (κ3) is 4.64. The minimum Gasteiger partial charge on any atom is -0.548 e. The Labute approximate surface area is 195 Å². The van der Waals surface area contributed by atoms with E-state index in [0.29, 0.717) is 28.9 Å². The lowest BCUT2D eigenvalue weighted by atomic mass is 9.68. The molecule has 1 aliphatic rings. The summed E-state index contributed by atoms with van der Waals surface area (Å²) in [6.45, 7) is 5.39. The number of anilines is 1. The Morgan fingerprint density at radius 3 is 2.25 bits per heavy atom. The molecule has 1 heterocycles. The summed E-state index contributed by atoms with van der Waals surface area (Å²) in [6.07, 6.45) is 3.33. The number of rotatable bonds is 8. The number of carbonyl (C=O) groups is 3. The number of ketones is 1. The lowest BCUT2D eigenvalue weighted by Crippen LogP contribution is -2.54. The number of nitrogens with one attached hydrogen (secondary N) is 2. The highest BCUT2D eigenvalue weighted by Gasteiger charge is 2.46. The molecule has 7 nitrogen and oxygen atoms in total. The average molecular weight is 475 g/mol. The number of allylic oxidation sites excluding steroid dienone is 2. The third-order valence-electron chi connectivity index (χ3n) is 5.46. The second-order valence-corrected chi connectivity index (χ2v) is 8.82. The predicted octanol–water partition coefficient (Wildman–Crippen LogP) is 3.16. The van der Waals surface area contributed by atoms with Crippen molar-refractivity contribution in [3.63, 3.8) is 0 Å². The molecule has 3 rings (SSSR count). The molecule has 1 aromatic carbocycles. The zero-order chi connectivity index (χ0) is 23.6. The van der Waals surface area contributed by atoms with Crippen LogP contribution in [0.4, 0.5) is 5.69 Å². The predicted molar refractivity (Wildman–Crippen MR) is 120 cm³/mol. The van der Waals surface area contributed by atoms with Gasteiger partial charge in [-0.05, 0) is 44.4 Å². The van der Waals surface area contributed by atoms with Crippen molar-refractivity contribution in [1.29, 1.82) is 0 Å². The molecule has 1 atom stereocenters. The number of carboxylic acids is 1. The van der Waals surface area contributed by atoms with Gasteiger partial charge in [-0.1, -0.05) is 42.3 Å². The van der Waals surface area contributed by atoms with Gasteiger partial charge in [0.05, 0.1) is 33.0 Å². The summed E-state index contributed by atoms with van der Waals surface area (Å²) in [7, 11) is 0. The SMILES string of the molecule is CCC1=C(N[C@@H](Cc2ccc(NC(=O)c3c(Cl)cncc3Cl)cc2)C(=O)[O-])C(C)(C)C1=O. The van der Waals surface area contributed by atoms with Gasteiger partial charge in [0, 0.05) is 29.4 Å². The lowest BCUT2D eigenvalue weighted by Gasteiger charge is -2.41. The van der Waals surface area contributed by atoms with Crippen LogP contribution in [-0.4, -0.2) is 28.7 Å². The Hall–Kier alpha value is -2.90. The fraction of sp³-hybridized carbons (Fsp3) is 0.304. The molecular weight excluding hydrogens is 453 g/mol. The van der Waals surface area contributed by atoms with Gasteiger partial charge >= 0.3 is 0 Å². The zero-order valence-corrected chi connectivity index (χ0v) is 19.3. The highest BCUT2D eigenvalue weighted by atomic mass is 35.5. The van der Waals surface area contributed by atoms with Crippen LogP contribution in [0.3, 0.4) is 0 Å². The van der Waals surface area contributed by atoms with E-state index in [9.17, 15) is 19.5 Å². The van der Waals surface area contributed by atoms with Crippen molar-refractivity contribution in [3.8, 4) is 0 Å². The van der Waals surface area contributed by atoms with E-state index in [4.69, 9.17) is 23.2 Å². The number of halogens is 2. The number of amides is 1. The van der Waals surface area contributed by atoms with E-state index in [1.54, 1.807) is 38.1 Å². The van der Waals surface area contributed by atoms with Crippen molar-refractivity contribution in [2.75, 3.05) is 5.32 Å². The highest BCUT2D eigenvalue weighted by Crippen LogP contribution is 2.42. The van der Waals surface area contributed by atoms with E-state index in [1.165, 1.54) is 12.4 Å². The van der Waals surface area contributed by atoms with Gasteiger partial charge in [-0.15, -0.1) is 0 Å². The summed E-state index contributed by atoms with van der Waals surface area (Å²) >= 11 is 12.0. The fourth-order valence-corrected chi connectivity index (χ4v) is 4.21. The van der Waals surface area contributed by atoms with Crippen LogP contribution in [0.2, 0.25) is 10.0 Å². The van der Waals surface area contributed by atoms with Crippen LogP contribution in [0.25, 0.3) is 0 Å². The molecule has 2 N–H and O–H groups in total. The number of hydrogen-bond acceptors (Lipinski definition) is 6. The number of hydrogen-bond donors (Lipinski definition) is 2. The number of benzene rings is 1. The molecule has 1 aromatic heterocycles. The average Bonchev–Trinajstić information content (AvgIpc) is 2.73. The summed E-state index contributed by atoms with van der Waals surface area (Å²) < 4.78 is 0. The minimum atomic E-state index is -1.26. The normalized spacial score (nSPS) is 15.7. The third-order valence-corrected chi connectivity index (χ3v) is 6.03. The molecule has 32 heavy (non-hydrogen) atoms. The maximum Gasteiger partial charge on any atom is 0.258 e. The van der Waals surface area contributed by atoms with Gasteiger partial charge in [-0.3, -0.25) is 14.6 Å². The van der Waals surface area contributed by atoms with Gasteiger partial charge in [0.15, 0.2) is 5.78 Å². The van der Waals surface area contributed by atoms with E-state index in [-0.39, 0.29) is 27.8 Å². The summed E-state index contributed by atoms with van der Waals surface area (Å²) in [5.74, 6) is -1.73. The van der Waals surface area contributed by atoms with Gasteiger partial charge in [-0.25, -0.2) is 0 Å². The monoisotopic (exact) mass is 474 g/mol. The van der Waals surface area contributed by atoms with Crippen molar-refractivity contribution < 1.29 is 19.5 Å². The van der Waals surface area contributed by atoms with Crippen molar-refractivity contribution in [1.82, 2.24) is 10.3 Å². The summed E-state index contributed by atoms with van der Waals surface area (Å²) in [5, 5.41) is 17.7. The van der Waals surface area contributed by atoms with Crippen molar-refractivity contribution >= 4 is 46.5 Å². The van der Waals surface area contributed by atoms with Gasteiger partial charge in [0.2, 0.25) is 0 Å². The first kappa shape index (κ1) is 23.8. The van der Waals surface area contributed by atoms with Crippen LogP contribution in [-0.2, 0) is 16.0 Å². The van der Waals surface area contributed by atoms with Gasteiger partial charge in [0.1, 0.15) is 0 Å². The molecule has 0 saturated heterocycles. The van der Waals surface area contributed by atoms with E-state index in [1.807, 2.05) is 6.92 Å². The summed E-state index contributed by atoms with van der Waals surface area (Å²) in [5.41, 5.74) is 1.85. The summed E-state index contributed by atoms with van der Waals surface area (Å²) in [6, 6.07) is 5.70. The van der Waals surface area contributed by atoms with Crippen LogP contribution >= 0.6 is 23.2 Å². The maximum absolute atomic E-state index is 12.5. The van der Waals surface area contributed by atoms with Crippen LogP contribution in [0.1, 0.15) is 43.1 Å². The lowest BCUT2D eigenvalue weighted by molar-refractivity contribution is -0.308. The Kier molecular flexibility index (Phi) is 6.91. The van der Waals surface area contributed by atoms with Crippen molar-refractivity contribution in [3.05, 3.63) is 69.1 Å². The molecule has 1 aliphatic carbocycles. The molecule has 0 radical (unpaired) electrons. The number of aliphatic carboxylic acids is 1. The molecule has 9 heteroatoms. The van der Waals surface area contributed by atoms with Crippen LogP contribution in [0.5, 0.6) is 0 Å². The molecule has 0 unspecified atom stereocenters. The first-order valence-corrected chi connectivity index (χ1v) is 10.8. The highest BCUT2D eigenvalue weighted by molar-refractivity contribution is 6.40. The number of pyridine rings is 1. The maximum atomic E-state index is 12.5. The van der Waals surface area contributed by atoms with Gasteiger partial charge in [-0.2, -0.15) is 0 Å². The smallest absolute Gasteiger partial charge is 0.258 e. The van der Waals surface area contributed by atoms with E-state index in [2.05, 4.69) is 15.6 Å². The minimum absolute atomic E-state index is 0.0223. The Morgan fingerprint density at radius 1 is 1.12 bits per heavy atom. The molecule has 168 valence electrons. The molecule has 0 aliphatic heterocycles. The number of aromatic nitrogens is 1. The Morgan fingerprint density at radius 2 is 1.72 bits per heavy atom. The van der Waals surface area contributed by atoms with Crippen molar-refractivity contribution in [2.45, 2.75) is 39.7 Å². The van der Waals surface area contributed by atoms with Crippen LogP contribution < -0.4 is 15.7 Å². The zero-order valence-electron chi connectivity index (χ0n) is 17.8. The number of carboxylic acid groups (broad SMARTS) is 1. The van der Waals surface area contributed by atoms with Gasteiger partial charge in [0.25, 0.3) is 5.91 Å².